The van der Waals surface area contributed by atoms with Gasteiger partial charge in [0.2, 0.25) is 0 Å². The number of amides is 1. The van der Waals surface area contributed by atoms with Gasteiger partial charge in [-0.1, -0.05) is 0 Å². The van der Waals surface area contributed by atoms with Gasteiger partial charge in [-0.3, -0.25) is 4.79 Å². The Morgan fingerprint density at radius 2 is 2.00 bits per heavy atom. The number of carbonyl (C=O) groups excluding carboxylic acids is 1. The van der Waals surface area contributed by atoms with Crippen molar-refractivity contribution in [3.8, 4) is 0 Å². The molecule has 1 aromatic carbocycles. The summed E-state index contributed by atoms with van der Waals surface area (Å²) >= 11 is 0. The molecule has 0 saturated carbocycles. The maximum absolute atomic E-state index is 13.7. The molecule has 0 aromatic heterocycles. The van der Waals surface area contributed by atoms with Crippen LogP contribution in [-0.2, 0) is 0 Å². The minimum Gasteiger partial charge on any atom is -0.396 e. The fourth-order valence-electron chi connectivity index (χ4n) is 1.31. The molecule has 18 heavy (non-hydrogen) atoms. The predicted octanol–water partition coefficient (Wildman–Crippen LogP) is 1.39. The molecule has 0 spiro atoms. The second-order valence-electron chi connectivity index (χ2n) is 4.66. The van der Waals surface area contributed by atoms with E-state index < -0.39 is 28.6 Å². The van der Waals surface area contributed by atoms with Gasteiger partial charge < -0.3 is 15.7 Å². The van der Waals surface area contributed by atoms with E-state index in [9.17, 15) is 13.6 Å². The summed E-state index contributed by atoms with van der Waals surface area (Å²) in [6.45, 7) is 2.82. The molecular formula is C12H16F2N2O2. The lowest BCUT2D eigenvalue weighted by atomic mass is 10.0. The van der Waals surface area contributed by atoms with Gasteiger partial charge in [0.05, 0.1) is 17.8 Å². The number of halogens is 2. The predicted molar refractivity (Wildman–Crippen MR) is 64.0 cm³/mol. The van der Waals surface area contributed by atoms with Gasteiger partial charge in [0.25, 0.3) is 5.91 Å². The number of hydrogen-bond donors (Lipinski definition) is 2. The number of rotatable bonds is 3. The Hall–Kier alpha value is -1.69. The molecule has 0 aliphatic rings. The lowest BCUT2D eigenvalue weighted by Gasteiger charge is -2.34. The van der Waals surface area contributed by atoms with E-state index in [0.717, 1.165) is 17.0 Å². The molecule has 1 amide bonds. The molecule has 0 heterocycles. The summed E-state index contributed by atoms with van der Waals surface area (Å²) in [4.78, 5) is 13.1. The van der Waals surface area contributed by atoms with Crippen LogP contribution in [0.1, 0.15) is 24.2 Å². The van der Waals surface area contributed by atoms with E-state index in [-0.39, 0.29) is 12.3 Å². The zero-order valence-electron chi connectivity index (χ0n) is 10.5. The van der Waals surface area contributed by atoms with Crippen molar-refractivity contribution in [1.29, 1.82) is 0 Å². The number of aliphatic hydroxyl groups excluding tert-OH is 1. The zero-order valence-corrected chi connectivity index (χ0v) is 10.5. The minimum absolute atomic E-state index is 0.296. The van der Waals surface area contributed by atoms with Gasteiger partial charge >= 0.3 is 0 Å². The number of nitrogens with two attached hydrogens (primary N) is 1. The Kier molecular flexibility index (Phi) is 3.91. The first-order valence-corrected chi connectivity index (χ1v) is 5.35. The third-order valence-electron chi connectivity index (χ3n) is 2.93. The lowest BCUT2D eigenvalue weighted by Crippen LogP contribution is -2.48. The van der Waals surface area contributed by atoms with E-state index in [4.69, 9.17) is 10.8 Å². The first-order valence-electron chi connectivity index (χ1n) is 5.35. The van der Waals surface area contributed by atoms with Crippen LogP contribution in [0.25, 0.3) is 0 Å². The van der Waals surface area contributed by atoms with Crippen molar-refractivity contribution in [2.45, 2.75) is 19.4 Å². The van der Waals surface area contributed by atoms with Crippen LogP contribution in [0.4, 0.5) is 14.5 Å². The highest BCUT2D eigenvalue weighted by atomic mass is 19.1. The smallest absolute Gasteiger partial charge is 0.260 e. The summed E-state index contributed by atoms with van der Waals surface area (Å²) in [5, 5.41) is 9.15. The quantitative estimate of drug-likeness (QED) is 0.805. The van der Waals surface area contributed by atoms with E-state index in [1.807, 2.05) is 0 Å². The molecule has 3 N–H and O–H groups in total. The molecule has 0 aliphatic carbocycles. The maximum Gasteiger partial charge on any atom is 0.260 e. The average Bonchev–Trinajstić information content (AvgIpc) is 2.33. The van der Waals surface area contributed by atoms with Crippen molar-refractivity contribution in [2.75, 3.05) is 19.4 Å². The second kappa shape index (κ2) is 4.89. The molecule has 1 rings (SSSR count). The molecule has 0 radical (unpaired) electrons. The number of likely N-dealkylation sites (N-methyl/N-ethyl adjacent to an activating group) is 1. The molecule has 100 valence electrons. The molecular weight excluding hydrogens is 242 g/mol. The van der Waals surface area contributed by atoms with Crippen LogP contribution in [0.15, 0.2) is 12.1 Å². The Bertz CT molecular complexity index is 475. The van der Waals surface area contributed by atoms with Crippen molar-refractivity contribution >= 4 is 11.6 Å². The van der Waals surface area contributed by atoms with E-state index in [1.54, 1.807) is 13.8 Å². The molecule has 0 aliphatic heterocycles. The second-order valence-corrected chi connectivity index (χ2v) is 4.66. The van der Waals surface area contributed by atoms with Crippen LogP contribution in [0.5, 0.6) is 0 Å². The van der Waals surface area contributed by atoms with E-state index in [2.05, 4.69) is 0 Å². The third kappa shape index (κ3) is 2.43. The number of nitrogens with zero attached hydrogens (tertiary/aromatic N) is 1. The fraction of sp³-hybridized carbons (Fsp3) is 0.417. The van der Waals surface area contributed by atoms with Crippen LogP contribution in [0, 0.1) is 11.6 Å². The van der Waals surface area contributed by atoms with Gasteiger partial charge in [-0.25, -0.2) is 8.78 Å². The van der Waals surface area contributed by atoms with Crippen molar-refractivity contribution in [3.63, 3.8) is 0 Å². The van der Waals surface area contributed by atoms with Gasteiger partial charge in [-0.2, -0.15) is 0 Å². The van der Waals surface area contributed by atoms with Gasteiger partial charge in [0.1, 0.15) is 11.4 Å². The largest absolute Gasteiger partial charge is 0.396 e. The van der Waals surface area contributed by atoms with Crippen molar-refractivity contribution in [1.82, 2.24) is 4.90 Å². The summed E-state index contributed by atoms with van der Waals surface area (Å²) in [6, 6.07) is 1.99. The normalized spacial score (nSPS) is 11.4. The monoisotopic (exact) mass is 258 g/mol. The van der Waals surface area contributed by atoms with Crippen molar-refractivity contribution in [2.24, 2.45) is 0 Å². The third-order valence-corrected chi connectivity index (χ3v) is 2.93. The van der Waals surface area contributed by atoms with Gasteiger partial charge in [0.15, 0.2) is 5.82 Å². The highest BCUT2D eigenvalue weighted by Gasteiger charge is 2.31. The van der Waals surface area contributed by atoms with Crippen LogP contribution in [-0.4, -0.2) is 35.1 Å². The summed E-state index contributed by atoms with van der Waals surface area (Å²) < 4.78 is 27.2. The summed E-state index contributed by atoms with van der Waals surface area (Å²) in [7, 11) is 1.36. The Labute approximate surface area is 104 Å². The van der Waals surface area contributed by atoms with Gasteiger partial charge in [-0.15, -0.1) is 0 Å². The van der Waals surface area contributed by atoms with Gasteiger partial charge in [0, 0.05) is 7.05 Å². The Morgan fingerprint density at radius 3 is 2.50 bits per heavy atom. The van der Waals surface area contributed by atoms with E-state index >= 15 is 0 Å². The van der Waals surface area contributed by atoms with Crippen LogP contribution in [0.3, 0.4) is 0 Å². The first kappa shape index (κ1) is 14.4. The van der Waals surface area contributed by atoms with E-state index in [0.29, 0.717) is 0 Å². The lowest BCUT2D eigenvalue weighted by molar-refractivity contribution is 0.0464. The Balaban J connectivity index is 3.24. The summed E-state index contributed by atoms with van der Waals surface area (Å²) in [6.07, 6.45) is 0. The van der Waals surface area contributed by atoms with Crippen LogP contribution in [0.2, 0.25) is 0 Å². The molecule has 0 fully saturated rings. The number of benzene rings is 1. The Morgan fingerprint density at radius 1 is 1.44 bits per heavy atom. The number of carbonyl (C=O) groups is 1. The SMILES string of the molecule is CN(C(=O)c1c(F)ccc(N)c1F)C(C)(C)CO. The standard InChI is InChI=1S/C12H16F2N2O2/c1-12(2,6-17)16(3)11(18)9-7(13)4-5-8(15)10(9)14/h4-5,17H,6,15H2,1-3H3. The minimum atomic E-state index is -1.08. The number of anilines is 1. The maximum atomic E-state index is 13.7. The van der Waals surface area contributed by atoms with E-state index in [1.165, 1.54) is 7.05 Å². The molecule has 1 aromatic rings. The molecule has 0 bridgehead atoms. The number of nitrogen functional groups attached to an aromatic ring is 1. The topological polar surface area (TPSA) is 66.6 Å². The van der Waals surface area contributed by atoms with Gasteiger partial charge in [-0.05, 0) is 26.0 Å². The molecule has 4 nitrogen and oxygen atoms in total. The average molecular weight is 258 g/mol. The van der Waals surface area contributed by atoms with Crippen LogP contribution < -0.4 is 5.73 Å². The molecule has 0 saturated heterocycles. The summed E-state index contributed by atoms with van der Waals surface area (Å²) in [5.41, 5.74) is 3.37. The molecule has 6 heteroatoms. The first-order chi connectivity index (χ1) is 8.22. The fourth-order valence-corrected chi connectivity index (χ4v) is 1.31. The summed E-state index contributed by atoms with van der Waals surface area (Å²) in [5.74, 6) is -2.93. The van der Waals surface area contributed by atoms with Crippen LogP contribution >= 0.6 is 0 Å². The highest BCUT2D eigenvalue weighted by Crippen LogP contribution is 2.23. The number of hydrogen-bond acceptors (Lipinski definition) is 3. The zero-order chi connectivity index (χ0) is 14.1. The highest BCUT2D eigenvalue weighted by molar-refractivity contribution is 5.96. The van der Waals surface area contributed by atoms with Crippen molar-refractivity contribution < 1.29 is 18.7 Å². The van der Waals surface area contributed by atoms with Crippen molar-refractivity contribution in [3.05, 3.63) is 29.3 Å². The molecule has 0 atom stereocenters. The number of aliphatic hydroxyl groups is 1. The molecule has 0 unspecified atom stereocenters.